The van der Waals surface area contributed by atoms with Gasteiger partial charge in [0.05, 0.1) is 22.7 Å². The van der Waals surface area contributed by atoms with Crippen LogP contribution < -0.4 is 14.9 Å². The molecule has 0 aliphatic carbocycles. The SMILES string of the molecule is CNC(=O)c1sc(=O)n(C[C@@H](O)CN2CCC(Oc3ccc(Cl)c(Cl)c3)CC2)c1C(F)(F)F. The molecular formula is C20H22Cl2F3N3O4S. The molecule has 1 saturated heterocycles. The summed E-state index contributed by atoms with van der Waals surface area (Å²) in [6.07, 6.45) is -4.95. The van der Waals surface area contributed by atoms with Gasteiger partial charge in [-0.15, -0.1) is 0 Å². The molecule has 0 spiro atoms. The number of thiazole rings is 1. The number of carbonyl (C=O) groups excluding carboxylic acids is 1. The van der Waals surface area contributed by atoms with E-state index in [0.29, 0.717) is 46.3 Å². The summed E-state index contributed by atoms with van der Waals surface area (Å²) in [5, 5.41) is 13.3. The molecule has 13 heteroatoms. The van der Waals surface area contributed by atoms with E-state index in [2.05, 4.69) is 5.32 Å². The Balaban J connectivity index is 1.59. The van der Waals surface area contributed by atoms with Crippen molar-refractivity contribution in [1.82, 2.24) is 14.8 Å². The summed E-state index contributed by atoms with van der Waals surface area (Å²) in [6, 6.07) is 4.99. The minimum Gasteiger partial charge on any atom is -0.490 e. The van der Waals surface area contributed by atoms with Gasteiger partial charge < -0.3 is 20.1 Å². The highest BCUT2D eigenvalue weighted by molar-refractivity contribution is 7.11. The molecule has 1 atom stereocenters. The third kappa shape index (κ3) is 6.42. The zero-order valence-corrected chi connectivity index (χ0v) is 19.8. The first-order valence-electron chi connectivity index (χ1n) is 10.0. The molecule has 1 aromatic heterocycles. The average Bonchev–Trinajstić information content (AvgIpc) is 3.08. The van der Waals surface area contributed by atoms with Crippen LogP contribution in [0.2, 0.25) is 10.0 Å². The van der Waals surface area contributed by atoms with Crippen molar-refractivity contribution in [3.63, 3.8) is 0 Å². The van der Waals surface area contributed by atoms with Gasteiger partial charge in [-0.2, -0.15) is 13.2 Å². The summed E-state index contributed by atoms with van der Waals surface area (Å²) in [5.41, 5.74) is -1.34. The third-order valence-electron chi connectivity index (χ3n) is 5.19. The molecule has 2 N–H and O–H groups in total. The summed E-state index contributed by atoms with van der Waals surface area (Å²) >= 11 is 12.1. The largest absolute Gasteiger partial charge is 0.490 e. The third-order valence-corrected chi connectivity index (χ3v) is 6.90. The number of likely N-dealkylation sites (tertiary alicyclic amines) is 1. The standard InChI is InChI=1S/C20H22Cl2F3N3O4S/c1-26-18(30)16-17(20(23,24)25)28(19(31)33-16)10-11(29)9-27-6-4-12(5-7-27)32-13-2-3-14(21)15(22)8-13/h2-3,8,11-12,29H,4-7,9-10H2,1H3,(H,26,30)/t11-/m0/s1. The van der Waals surface area contributed by atoms with Crippen LogP contribution in [0.1, 0.15) is 28.2 Å². The second-order valence-electron chi connectivity index (χ2n) is 7.58. The van der Waals surface area contributed by atoms with Crippen LogP contribution in [0.3, 0.4) is 0 Å². The average molecular weight is 528 g/mol. The Hall–Kier alpha value is -1.79. The number of alkyl halides is 3. The van der Waals surface area contributed by atoms with E-state index in [4.69, 9.17) is 27.9 Å². The molecule has 3 rings (SSSR count). The Labute approximate surface area is 201 Å². The van der Waals surface area contributed by atoms with Crippen molar-refractivity contribution in [2.45, 2.75) is 37.8 Å². The van der Waals surface area contributed by atoms with E-state index in [1.807, 2.05) is 4.90 Å². The van der Waals surface area contributed by atoms with Crippen LogP contribution in [0.25, 0.3) is 0 Å². The first kappa shape index (κ1) is 25.8. The van der Waals surface area contributed by atoms with Crippen LogP contribution in [0.5, 0.6) is 5.75 Å². The molecule has 182 valence electrons. The molecule has 1 fully saturated rings. The van der Waals surface area contributed by atoms with Gasteiger partial charge in [-0.1, -0.05) is 34.5 Å². The first-order chi connectivity index (χ1) is 15.5. The Kier molecular flexibility index (Phi) is 8.33. The van der Waals surface area contributed by atoms with Crippen molar-refractivity contribution in [2.75, 3.05) is 26.7 Å². The summed E-state index contributed by atoms with van der Waals surface area (Å²) in [6.45, 7) is 0.615. The molecule has 0 radical (unpaired) electrons. The van der Waals surface area contributed by atoms with Crippen molar-refractivity contribution < 1.29 is 27.8 Å². The number of hydrogen-bond donors (Lipinski definition) is 2. The quantitative estimate of drug-likeness (QED) is 0.575. The molecular weight excluding hydrogens is 506 g/mol. The van der Waals surface area contributed by atoms with E-state index in [9.17, 15) is 27.9 Å². The summed E-state index contributed by atoms with van der Waals surface area (Å²) in [5.74, 6) is -0.409. The zero-order chi connectivity index (χ0) is 24.3. The molecule has 2 heterocycles. The van der Waals surface area contributed by atoms with Crippen LogP contribution in [0, 0.1) is 0 Å². The lowest BCUT2D eigenvalue weighted by molar-refractivity contribution is -0.144. The van der Waals surface area contributed by atoms with Crippen LogP contribution in [0.15, 0.2) is 23.0 Å². The molecule has 0 bridgehead atoms. The Morgan fingerprint density at radius 1 is 1.27 bits per heavy atom. The maximum atomic E-state index is 13.5. The lowest BCUT2D eigenvalue weighted by atomic mass is 10.1. The number of halogens is 5. The molecule has 33 heavy (non-hydrogen) atoms. The number of rotatable bonds is 7. The van der Waals surface area contributed by atoms with Gasteiger partial charge in [0.2, 0.25) is 0 Å². The number of nitrogens with one attached hydrogen (secondary N) is 1. The highest BCUT2D eigenvalue weighted by Crippen LogP contribution is 2.33. The van der Waals surface area contributed by atoms with Gasteiger partial charge in [-0.05, 0) is 25.0 Å². The minimum absolute atomic E-state index is 0.0778. The second-order valence-corrected chi connectivity index (χ2v) is 9.36. The lowest BCUT2D eigenvalue weighted by Crippen LogP contribution is -2.43. The smallest absolute Gasteiger partial charge is 0.433 e. The number of aliphatic hydroxyl groups is 1. The predicted octanol–water partition coefficient (Wildman–Crippen LogP) is 3.50. The number of β-amino-alcohol motifs (C(OH)–C–C–N with tert-alkyl or cyclic N) is 1. The highest BCUT2D eigenvalue weighted by atomic mass is 35.5. The lowest BCUT2D eigenvalue weighted by Gasteiger charge is -2.33. The number of aromatic nitrogens is 1. The minimum atomic E-state index is -4.92. The van der Waals surface area contributed by atoms with Crippen molar-refractivity contribution in [1.29, 1.82) is 0 Å². The number of benzene rings is 1. The van der Waals surface area contributed by atoms with E-state index >= 15 is 0 Å². The van der Waals surface area contributed by atoms with Gasteiger partial charge in [-0.3, -0.25) is 14.2 Å². The molecule has 0 unspecified atom stereocenters. The van der Waals surface area contributed by atoms with E-state index in [1.54, 1.807) is 18.2 Å². The second kappa shape index (κ2) is 10.6. The Morgan fingerprint density at radius 3 is 2.52 bits per heavy atom. The van der Waals surface area contributed by atoms with Gasteiger partial charge in [0.25, 0.3) is 5.91 Å². The summed E-state index contributed by atoms with van der Waals surface area (Å²) < 4.78 is 47.0. The number of aliphatic hydroxyl groups excluding tert-OH is 1. The van der Waals surface area contributed by atoms with Gasteiger partial charge in [0.1, 0.15) is 22.4 Å². The van der Waals surface area contributed by atoms with Crippen molar-refractivity contribution in [3.8, 4) is 5.75 Å². The topological polar surface area (TPSA) is 83.8 Å². The monoisotopic (exact) mass is 527 g/mol. The molecule has 1 aromatic carbocycles. The molecule has 2 aromatic rings. The summed E-state index contributed by atoms with van der Waals surface area (Å²) in [4.78, 5) is 24.2. The predicted molar refractivity (Wildman–Crippen MR) is 120 cm³/mol. The van der Waals surface area contributed by atoms with Gasteiger partial charge >= 0.3 is 11.0 Å². The van der Waals surface area contributed by atoms with Gasteiger partial charge in [0, 0.05) is 32.7 Å². The fraction of sp³-hybridized carbons (Fsp3) is 0.500. The maximum Gasteiger partial charge on any atom is 0.433 e. The fourth-order valence-electron chi connectivity index (χ4n) is 3.64. The normalized spacial score (nSPS) is 16.6. The molecule has 0 saturated carbocycles. The van der Waals surface area contributed by atoms with Crippen LogP contribution in [-0.4, -0.2) is 59.4 Å². The van der Waals surface area contributed by atoms with E-state index in [-0.39, 0.29) is 24.0 Å². The van der Waals surface area contributed by atoms with Crippen molar-refractivity contribution in [3.05, 3.63) is 48.5 Å². The van der Waals surface area contributed by atoms with Crippen LogP contribution >= 0.6 is 34.5 Å². The van der Waals surface area contributed by atoms with Crippen LogP contribution in [-0.2, 0) is 12.7 Å². The number of amides is 1. The molecule has 1 aliphatic heterocycles. The van der Waals surface area contributed by atoms with E-state index in [0.717, 1.165) is 0 Å². The number of piperidine rings is 1. The molecule has 7 nitrogen and oxygen atoms in total. The van der Waals surface area contributed by atoms with Gasteiger partial charge in [-0.25, -0.2) is 0 Å². The first-order valence-corrected chi connectivity index (χ1v) is 11.6. The Bertz CT molecular complexity index is 1050. The van der Waals surface area contributed by atoms with E-state index in [1.165, 1.54) is 7.05 Å². The molecule has 1 amide bonds. The van der Waals surface area contributed by atoms with Gasteiger partial charge in [0.15, 0.2) is 0 Å². The van der Waals surface area contributed by atoms with E-state index < -0.39 is 40.2 Å². The van der Waals surface area contributed by atoms with Crippen molar-refractivity contribution in [2.24, 2.45) is 0 Å². The summed E-state index contributed by atoms with van der Waals surface area (Å²) in [7, 11) is 1.18. The maximum absolute atomic E-state index is 13.5. The number of carbonyl (C=O) groups is 1. The number of hydrogen-bond acceptors (Lipinski definition) is 6. The highest BCUT2D eigenvalue weighted by Gasteiger charge is 2.41. The fourth-order valence-corrected chi connectivity index (χ4v) is 4.89. The van der Waals surface area contributed by atoms with Crippen LogP contribution in [0.4, 0.5) is 13.2 Å². The van der Waals surface area contributed by atoms with Crippen molar-refractivity contribution >= 4 is 40.4 Å². The number of ether oxygens (including phenoxy) is 1. The number of nitrogens with zero attached hydrogens (tertiary/aromatic N) is 2. The zero-order valence-electron chi connectivity index (χ0n) is 17.5. The Morgan fingerprint density at radius 2 is 1.94 bits per heavy atom. The molecule has 1 aliphatic rings.